The molecule has 2 aromatic carbocycles. The second-order valence-corrected chi connectivity index (χ2v) is 8.17. The maximum Gasteiger partial charge on any atom is 0.338 e. The first-order valence-corrected chi connectivity index (χ1v) is 11.0. The second-order valence-electron chi connectivity index (χ2n) is 8.17. The molecule has 0 aliphatic carbocycles. The lowest BCUT2D eigenvalue weighted by Gasteiger charge is -2.13. The predicted molar refractivity (Wildman–Crippen MR) is 130 cm³/mol. The minimum Gasteiger partial charge on any atom is -0.462 e. The maximum atomic E-state index is 12.7. The maximum absolute atomic E-state index is 12.7. The molecule has 4 rings (SSSR count). The minimum atomic E-state index is -0.410. The van der Waals surface area contributed by atoms with Crippen LogP contribution < -0.4 is 4.73 Å². The van der Waals surface area contributed by atoms with Crippen molar-refractivity contribution in [2.24, 2.45) is 0 Å². The molecule has 0 spiro atoms. The monoisotopic (exact) mass is 439 g/mol. The van der Waals surface area contributed by atoms with E-state index < -0.39 is 5.97 Å². The molecular formula is C28H27N2O3+. The van der Waals surface area contributed by atoms with Crippen molar-refractivity contribution in [1.29, 1.82) is 0 Å². The third kappa shape index (κ3) is 4.93. The van der Waals surface area contributed by atoms with Gasteiger partial charge in [-0.1, -0.05) is 38.1 Å². The van der Waals surface area contributed by atoms with Crippen LogP contribution in [-0.4, -0.2) is 22.8 Å². The lowest BCUT2D eigenvalue weighted by molar-refractivity contribution is -0.904. The highest BCUT2D eigenvalue weighted by Gasteiger charge is 2.16. The van der Waals surface area contributed by atoms with Gasteiger partial charge in [-0.15, -0.1) is 0 Å². The smallest absolute Gasteiger partial charge is 0.338 e. The van der Waals surface area contributed by atoms with Crippen LogP contribution in [0.5, 0.6) is 0 Å². The van der Waals surface area contributed by atoms with Gasteiger partial charge in [0.25, 0.3) is 0 Å². The summed E-state index contributed by atoms with van der Waals surface area (Å²) in [5, 5.41) is 10.7. The molecule has 0 fully saturated rings. The summed E-state index contributed by atoms with van der Waals surface area (Å²) in [5.74, 6) is -0.0215. The van der Waals surface area contributed by atoms with Crippen molar-refractivity contribution in [2.45, 2.75) is 26.7 Å². The number of fused-ring (bicyclic) bond motifs is 1. The Bertz CT molecular complexity index is 1320. The Morgan fingerprint density at radius 1 is 1.09 bits per heavy atom. The average molecular weight is 440 g/mol. The molecule has 0 radical (unpaired) electrons. The van der Waals surface area contributed by atoms with Crippen LogP contribution >= 0.6 is 0 Å². The zero-order chi connectivity index (χ0) is 23.4. The van der Waals surface area contributed by atoms with Gasteiger partial charge in [0.1, 0.15) is 0 Å². The normalized spacial score (nSPS) is 11.7. The number of hydrogen-bond acceptors (Lipinski definition) is 4. The Hall–Kier alpha value is -3.99. The molecular weight excluding hydrogens is 412 g/mol. The number of aromatic nitrogens is 2. The van der Waals surface area contributed by atoms with Crippen LogP contribution in [0, 0.1) is 0 Å². The quantitative estimate of drug-likeness (QED) is 0.182. The highest BCUT2D eigenvalue weighted by Crippen LogP contribution is 2.32. The number of esters is 1. The van der Waals surface area contributed by atoms with E-state index >= 15 is 0 Å². The van der Waals surface area contributed by atoms with Crippen molar-refractivity contribution in [3.05, 3.63) is 95.9 Å². The van der Waals surface area contributed by atoms with Crippen LogP contribution in [-0.2, 0) is 9.53 Å². The van der Waals surface area contributed by atoms with Crippen LogP contribution in [0.1, 0.15) is 43.4 Å². The molecule has 0 atom stereocenters. The van der Waals surface area contributed by atoms with Gasteiger partial charge in [0.2, 0.25) is 12.4 Å². The van der Waals surface area contributed by atoms with Gasteiger partial charge in [-0.2, -0.15) is 0 Å². The highest BCUT2D eigenvalue weighted by molar-refractivity contribution is 6.21. The summed E-state index contributed by atoms with van der Waals surface area (Å²) in [4.78, 5) is 17.4. The largest absolute Gasteiger partial charge is 0.462 e. The van der Waals surface area contributed by atoms with E-state index in [1.807, 2.05) is 30.5 Å². The van der Waals surface area contributed by atoms with Crippen LogP contribution in [0.4, 0.5) is 0 Å². The molecule has 166 valence electrons. The number of benzene rings is 2. The fraction of sp³-hybridized carbons (Fsp3) is 0.179. The molecule has 5 heteroatoms. The first-order valence-electron chi connectivity index (χ1n) is 11.0. The first-order chi connectivity index (χ1) is 16.0. The van der Waals surface area contributed by atoms with Gasteiger partial charge < -0.3 is 4.74 Å². The van der Waals surface area contributed by atoms with Gasteiger partial charge in [0.15, 0.2) is 0 Å². The molecule has 0 saturated heterocycles. The van der Waals surface area contributed by atoms with Gasteiger partial charge >= 0.3 is 5.97 Å². The topological polar surface area (TPSA) is 63.3 Å². The molecule has 5 nitrogen and oxygen atoms in total. The summed E-state index contributed by atoms with van der Waals surface area (Å²) in [6.45, 7) is 6.43. The standard InChI is InChI=1S/C28H27N2O3/c1-4-33-28(31)26(21-10-13-30(32)14-11-21)16-20-7-5-8-22(15-20)25-18-24(19(2)3)17-23-9-6-12-29-27(23)25/h5-19,32H,4H2,1-3H3/q+1/b26-16-. The third-order valence-corrected chi connectivity index (χ3v) is 5.52. The summed E-state index contributed by atoms with van der Waals surface area (Å²) in [7, 11) is 0. The summed E-state index contributed by atoms with van der Waals surface area (Å²) in [5.41, 5.74) is 6.25. The van der Waals surface area contributed by atoms with E-state index in [1.54, 1.807) is 19.1 Å². The van der Waals surface area contributed by atoms with E-state index in [0.717, 1.165) is 32.3 Å². The van der Waals surface area contributed by atoms with E-state index in [9.17, 15) is 10.0 Å². The molecule has 0 aliphatic rings. The fourth-order valence-electron chi connectivity index (χ4n) is 3.80. The number of nitrogens with zero attached hydrogens (tertiary/aromatic N) is 2. The number of rotatable bonds is 6. The van der Waals surface area contributed by atoms with E-state index in [2.05, 4.69) is 49.2 Å². The van der Waals surface area contributed by atoms with Crippen molar-refractivity contribution >= 4 is 28.5 Å². The molecule has 2 heterocycles. The highest BCUT2D eigenvalue weighted by atomic mass is 16.5. The SMILES string of the molecule is CCOC(=O)/C(=C\c1cccc(-c2cc(C(C)C)cc3cccnc23)c1)c1cc[n+](O)cc1. The molecule has 0 bridgehead atoms. The summed E-state index contributed by atoms with van der Waals surface area (Å²) in [6.07, 6.45) is 6.59. The zero-order valence-corrected chi connectivity index (χ0v) is 19.0. The van der Waals surface area contributed by atoms with Crippen molar-refractivity contribution in [1.82, 2.24) is 4.98 Å². The number of ether oxygens (including phenoxy) is 1. The number of carbonyl (C=O) groups is 1. The Kier molecular flexibility index (Phi) is 6.50. The Morgan fingerprint density at radius 2 is 1.88 bits per heavy atom. The summed E-state index contributed by atoms with van der Waals surface area (Å²) >= 11 is 0. The van der Waals surface area contributed by atoms with Crippen molar-refractivity contribution < 1.29 is 19.5 Å². The van der Waals surface area contributed by atoms with E-state index in [4.69, 9.17) is 4.74 Å². The molecule has 0 aliphatic heterocycles. The summed E-state index contributed by atoms with van der Waals surface area (Å²) < 4.78 is 6.23. The molecule has 0 amide bonds. The lowest BCUT2D eigenvalue weighted by atomic mass is 9.93. The Morgan fingerprint density at radius 3 is 2.61 bits per heavy atom. The first kappa shape index (κ1) is 22.2. The van der Waals surface area contributed by atoms with Gasteiger partial charge in [-0.3, -0.25) is 10.2 Å². The van der Waals surface area contributed by atoms with Crippen LogP contribution in [0.2, 0.25) is 0 Å². The number of carbonyl (C=O) groups excluding carboxylic acids is 1. The molecule has 0 saturated carbocycles. The van der Waals surface area contributed by atoms with Gasteiger partial charge in [0, 0.05) is 39.6 Å². The predicted octanol–water partition coefficient (Wildman–Crippen LogP) is 5.65. The fourth-order valence-corrected chi connectivity index (χ4v) is 3.80. The molecule has 2 aromatic heterocycles. The molecule has 1 N–H and O–H groups in total. The van der Waals surface area contributed by atoms with Gasteiger partial charge in [-0.25, -0.2) is 4.79 Å². The Balaban J connectivity index is 1.84. The second kappa shape index (κ2) is 9.65. The average Bonchev–Trinajstić information content (AvgIpc) is 2.82. The van der Waals surface area contributed by atoms with Gasteiger partial charge in [-0.05, 0) is 59.9 Å². The lowest BCUT2D eigenvalue weighted by Crippen LogP contribution is -2.28. The number of pyridine rings is 2. The van der Waals surface area contributed by atoms with Crippen LogP contribution in [0.15, 0.2) is 79.3 Å². The van der Waals surface area contributed by atoms with Crippen LogP contribution in [0.25, 0.3) is 33.7 Å². The molecule has 4 aromatic rings. The summed E-state index contributed by atoms with van der Waals surface area (Å²) in [6, 6.07) is 19.8. The van der Waals surface area contributed by atoms with Crippen LogP contribution in [0.3, 0.4) is 0 Å². The third-order valence-electron chi connectivity index (χ3n) is 5.52. The van der Waals surface area contributed by atoms with E-state index in [0.29, 0.717) is 17.1 Å². The molecule has 0 unspecified atom stereocenters. The zero-order valence-electron chi connectivity index (χ0n) is 19.0. The number of hydrogen-bond donors (Lipinski definition) is 1. The molecule has 33 heavy (non-hydrogen) atoms. The van der Waals surface area contributed by atoms with Crippen molar-refractivity contribution in [2.75, 3.05) is 6.61 Å². The van der Waals surface area contributed by atoms with E-state index in [-0.39, 0.29) is 6.61 Å². The minimum absolute atomic E-state index is 0.280. The van der Waals surface area contributed by atoms with Crippen molar-refractivity contribution in [3.63, 3.8) is 0 Å². The Labute approximate surface area is 193 Å². The van der Waals surface area contributed by atoms with Crippen molar-refractivity contribution in [3.8, 4) is 11.1 Å². The van der Waals surface area contributed by atoms with Gasteiger partial charge in [0.05, 0.1) is 17.7 Å². The van der Waals surface area contributed by atoms with E-state index in [1.165, 1.54) is 18.0 Å².